The Hall–Kier alpha value is -1.64. The van der Waals surface area contributed by atoms with Gasteiger partial charge in [-0.05, 0) is 29.5 Å². The molecule has 1 unspecified atom stereocenters. The van der Waals surface area contributed by atoms with E-state index in [0.29, 0.717) is 11.8 Å². The molecule has 0 fully saturated rings. The van der Waals surface area contributed by atoms with E-state index in [1.807, 2.05) is 0 Å². The predicted octanol–water partition coefficient (Wildman–Crippen LogP) is 3.60. The van der Waals surface area contributed by atoms with Crippen molar-refractivity contribution in [3.63, 3.8) is 0 Å². The van der Waals surface area contributed by atoms with Crippen molar-refractivity contribution in [3.05, 3.63) is 71.8 Å². The van der Waals surface area contributed by atoms with Crippen LogP contribution < -0.4 is 11.1 Å². The highest BCUT2D eigenvalue weighted by molar-refractivity contribution is 5.31. The average molecular weight is 282 g/mol. The van der Waals surface area contributed by atoms with Crippen molar-refractivity contribution in [2.45, 2.75) is 19.9 Å². The maximum atomic E-state index is 5.90. The van der Waals surface area contributed by atoms with Gasteiger partial charge in [0.05, 0.1) is 6.04 Å². The molecule has 1 atom stereocenters. The van der Waals surface area contributed by atoms with Crippen LogP contribution in [-0.2, 0) is 0 Å². The van der Waals surface area contributed by atoms with Crippen molar-refractivity contribution >= 4 is 0 Å². The Morgan fingerprint density at radius 2 is 1.33 bits per heavy atom. The first-order chi connectivity index (χ1) is 10.2. The van der Waals surface area contributed by atoms with Gasteiger partial charge in [0.15, 0.2) is 0 Å². The molecule has 0 saturated carbocycles. The third-order valence-electron chi connectivity index (χ3n) is 4.10. The number of nitrogens with two attached hydrogens (primary N) is 1. The highest BCUT2D eigenvalue weighted by atomic mass is 14.9. The zero-order valence-electron chi connectivity index (χ0n) is 13.0. The Morgan fingerprint density at radius 3 is 1.71 bits per heavy atom. The SMILES string of the molecule is CC(C)C(CN)CNC(c1ccccc1)c1ccccc1. The molecule has 0 amide bonds. The fraction of sp³-hybridized carbons (Fsp3) is 0.368. The minimum absolute atomic E-state index is 0.222. The Labute approximate surface area is 128 Å². The monoisotopic (exact) mass is 282 g/mol. The number of rotatable bonds is 7. The molecular formula is C19H26N2. The number of benzene rings is 2. The molecule has 2 rings (SSSR count). The third kappa shape index (κ3) is 4.42. The maximum Gasteiger partial charge on any atom is 0.0576 e. The molecule has 0 aliphatic rings. The van der Waals surface area contributed by atoms with Crippen molar-refractivity contribution in [1.82, 2.24) is 5.32 Å². The van der Waals surface area contributed by atoms with Crippen molar-refractivity contribution < 1.29 is 0 Å². The summed E-state index contributed by atoms with van der Waals surface area (Å²) in [6.07, 6.45) is 0. The quantitative estimate of drug-likeness (QED) is 0.814. The summed E-state index contributed by atoms with van der Waals surface area (Å²) in [6, 6.07) is 21.4. The molecule has 0 bridgehead atoms. The smallest absolute Gasteiger partial charge is 0.0576 e. The van der Waals surface area contributed by atoms with Gasteiger partial charge in [0.2, 0.25) is 0 Å². The lowest BCUT2D eigenvalue weighted by Crippen LogP contribution is -2.34. The van der Waals surface area contributed by atoms with Crippen LogP contribution in [0.25, 0.3) is 0 Å². The molecule has 21 heavy (non-hydrogen) atoms. The standard InChI is InChI=1S/C19H26N2/c1-15(2)18(13-20)14-21-19(16-9-5-3-6-10-16)17-11-7-4-8-12-17/h3-12,15,18-19,21H,13-14,20H2,1-2H3. The second-order valence-electron chi connectivity index (χ2n) is 5.90. The zero-order valence-corrected chi connectivity index (χ0v) is 13.0. The van der Waals surface area contributed by atoms with Crippen molar-refractivity contribution in [1.29, 1.82) is 0 Å². The van der Waals surface area contributed by atoms with Crippen LogP contribution in [0.3, 0.4) is 0 Å². The van der Waals surface area contributed by atoms with Gasteiger partial charge in [-0.2, -0.15) is 0 Å². The first kappa shape index (κ1) is 15.7. The maximum absolute atomic E-state index is 5.90. The Kier molecular flexibility index (Phi) is 5.97. The molecule has 3 N–H and O–H groups in total. The van der Waals surface area contributed by atoms with E-state index >= 15 is 0 Å². The summed E-state index contributed by atoms with van der Waals surface area (Å²) < 4.78 is 0. The van der Waals surface area contributed by atoms with Gasteiger partial charge in [-0.15, -0.1) is 0 Å². The molecule has 2 heteroatoms. The average Bonchev–Trinajstić information content (AvgIpc) is 2.53. The fourth-order valence-electron chi connectivity index (χ4n) is 2.58. The first-order valence-electron chi connectivity index (χ1n) is 7.75. The van der Waals surface area contributed by atoms with E-state index < -0.39 is 0 Å². The van der Waals surface area contributed by atoms with Gasteiger partial charge in [-0.25, -0.2) is 0 Å². The van der Waals surface area contributed by atoms with Crippen LogP contribution in [0.2, 0.25) is 0 Å². The Bertz CT molecular complexity index is 468. The van der Waals surface area contributed by atoms with E-state index in [0.717, 1.165) is 13.1 Å². The van der Waals surface area contributed by atoms with E-state index in [2.05, 4.69) is 79.8 Å². The van der Waals surface area contributed by atoms with Crippen LogP contribution in [0.5, 0.6) is 0 Å². The fourth-order valence-corrected chi connectivity index (χ4v) is 2.58. The molecular weight excluding hydrogens is 256 g/mol. The van der Waals surface area contributed by atoms with Gasteiger partial charge < -0.3 is 11.1 Å². The van der Waals surface area contributed by atoms with Crippen LogP contribution in [0, 0.1) is 11.8 Å². The van der Waals surface area contributed by atoms with Gasteiger partial charge in [0, 0.05) is 6.54 Å². The molecule has 0 radical (unpaired) electrons. The Balaban J connectivity index is 2.17. The lowest BCUT2D eigenvalue weighted by atomic mass is 9.93. The summed E-state index contributed by atoms with van der Waals surface area (Å²) in [5.74, 6) is 1.09. The number of hydrogen-bond acceptors (Lipinski definition) is 2. The van der Waals surface area contributed by atoms with E-state index in [1.54, 1.807) is 0 Å². The lowest BCUT2D eigenvalue weighted by molar-refractivity contribution is 0.361. The third-order valence-corrected chi connectivity index (χ3v) is 4.10. The summed E-state index contributed by atoms with van der Waals surface area (Å²) in [6.45, 7) is 6.13. The lowest BCUT2D eigenvalue weighted by Gasteiger charge is -2.25. The minimum atomic E-state index is 0.222. The molecule has 0 aromatic heterocycles. The molecule has 0 aliphatic heterocycles. The largest absolute Gasteiger partial charge is 0.330 e. The van der Waals surface area contributed by atoms with E-state index in [4.69, 9.17) is 5.73 Å². The molecule has 0 spiro atoms. The second-order valence-corrected chi connectivity index (χ2v) is 5.90. The van der Waals surface area contributed by atoms with Gasteiger partial charge >= 0.3 is 0 Å². The molecule has 0 saturated heterocycles. The highest BCUT2D eigenvalue weighted by Crippen LogP contribution is 2.22. The first-order valence-corrected chi connectivity index (χ1v) is 7.75. The van der Waals surface area contributed by atoms with Gasteiger partial charge in [0.1, 0.15) is 0 Å². The minimum Gasteiger partial charge on any atom is -0.330 e. The summed E-state index contributed by atoms with van der Waals surface area (Å²) in [4.78, 5) is 0. The molecule has 0 heterocycles. The summed E-state index contributed by atoms with van der Waals surface area (Å²) in [7, 11) is 0. The van der Waals surface area contributed by atoms with E-state index in [9.17, 15) is 0 Å². The molecule has 2 aromatic rings. The molecule has 0 aliphatic carbocycles. The van der Waals surface area contributed by atoms with Gasteiger partial charge in [-0.3, -0.25) is 0 Å². The van der Waals surface area contributed by atoms with Crippen molar-refractivity contribution in [3.8, 4) is 0 Å². The predicted molar refractivity (Wildman–Crippen MR) is 90.1 cm³/mol. The van der Waals surface area contributed by atoms with Crippen LogP contribution in [-0.4, -0.2) is 13.1 Å². The summed E-state index contributed by atoms with van der Waals surface area (Å²) >= 11 is 0. The molecule has 112 valence electrons. The highest BCUT2D eigenvalue weighted by Gasteiger charge is 2.17. The van der Waals surface area contributed by atoms with E-state index in [-0.39, 0.29) is 6.04 Å². The topological polar surface area (TPSA) is 38.0 Å². The summed E-state index contributed by atoms with van der Waals surface area (Å²) in [5, 5.41) is 3.70. The van der Waals surface area contributed by atoms with E-state index in [1.165, 1.54) is 11.1 Å². The van der Waals surface area contributed by atoms with Gasteiger partial charge in [0.25, 0.3) is 0 Å². The van der Waals surface area contributed by atoms with Crippen LogP contribution in [0.4, 0.5) is 0 Å². The van der Waals surface area contributed by atoms with Crippen LogP contribution in [0.15, 0.2) is 60.7 Å². The van der Waals surface area contributed by atoms with Crippen molar-refractivity contribution in [2.75, 3.05) is 13.1 Å². The normalized spacial score (nSPS) is 12.8. The van der Waals surface area contributed by atoms with Gasteiger partial charge in [-0.1, -0.05) is 74.5 Å². The number of nitrogens with one attached hydrogen (secondary N) is 1. The zero-order chi connectivity index (χ0) is 15.1. The second kappa shape index (κ2) is 7.96. The number of hydrogen-bond donors (Lipinski definition) is 2. The molecule has 2 aromatic carbocycles. The van der Waals surface area contributed by atoms with Crippen LogP contribution in [0.1, 0.15) is 31.0 Å². The van der Waals surface area contributed by atoms with Crippen molar-refractivity contribution in [2.24, 2.45) is 17.6 Å². The Morgan fingerprint density at radius 1 is 0.857 bits per heavy atom. The molecule has 2 nitrogen and oxygen atoms in total. The summed E-state index contributed by atoms with van der Waals surface area (Å²) in [5.41, 5.74) is 8.49. The van der Waals surface area contributed by atoms with Crippen LogP contribution >= 0.6 is 0 Å².